The summed E-state index contributed by atoms with van der Waals surface area (Å²) in [5.74, 6) is 1.12. The minimum absolute atomic E-state index is 0.326. The number of piperidine rings is 1. The number of hydrogen-bond donors (Lipinski definition) is 1. The average Bonchev–Trinajstić information content (AvgIpc) is 2.68. The second-order valence-electron chi connectivity index (χ2n) is 8.39. The quantitative estimate of drug-likeness (QED) is 0.856. The molecule has 0 aromatic carbocycles. The van der Waals surface area contributed by atoms with Crippen LogP contribution in [0.15, 0.2) is 18.3 Å². The van der Waals surface area contributed by atoms with Gasteiger partial charge in [-0.15, -0.1) is 0 Å². The highest BCUT2D eigenvalue weighted by Gasteiger charge is 2.53. The Bertz CT molecular complexity index is 660. The number of amides is 1. The molecule has 0 radical (unpaired) electrons. The van der Waals surface area contributed by atoms with Crippen LogP contribution in [0, 0.1) is 17.8 Å². The van der Waals surface area contributed by atoms with Crippen molar-refractivity contribution in [3.05, 3.63) is 29.6 Å². The first-order valence-electron chi connectivity index (χ1n) is 10.2. The summed E-state index contributed by atoms with van der Waals surface area (Å²) in [5, 5.41) is 0. The van der Waals surface area contributed by atoms with Crippen LogP contribution in [-0.4, -0.2) is 55.7 Å². The smallest absolute Gasteiger partial charge is 0.267 e. The second kappa shape index (κ2) is 7.86. The van der Waals surface area contributed by atoms with Crippen LogP contribution in [0.25, 0.3) is 0 Å². The molecule has 3 atom stereocenters. The molecule has 148 valence electrons. The molecule has 1 aromatic rings. The topological polar surface area (TPSA) is 77.7 Å². The Balaban J connectivity index is 1.58. The Hall–Kier alpha value is -1.50. The van der Waals surface area contributed by atoms with Gasteiger partial charge in [-0.05, 0) is 49.3 Å². The number of nitrogens with two attached hydrogens (primary N) is 1. The molecule has 6 heteroatoms. The fraction of sp³-hybridized carbons (Fsp3) is 0.714. The van der Waals surface area contributed by atoms with Gasteiger partial charge in [-0.25, -0.2) is 0 Å². The summed E-state index contributed by atoms with van der Waals surface area (Å²) in [6, 6.07) is 3.86. The Morgan fingerprint density at radius 3 is 2.63 bits per heavy atom. The number of carbonyl (C=O) groups excluding carboxylic acids is 1. The third kappa shape index (κ3) is 3.50. The second-order valence-corrected chi connectivity index (χ2v) is 8.39. The van der Waals surface area contributed by atoms with Gasteiger partial charge in [0, 0.05) is 58.0 Å². The van der Waals surface area contributed by atoms with Gasteiger partial charge in [0.05, 0.1) is 0 Å². The van der Waals surface area contributed by atoms with Gasteiger partial charge in [-0.2, -0.15) is 0 Å². The molecule has 3 fully saturated rings. The Labute approximate surface area is 161 Å². The van der Waals surface area contributed by atoms with E-state index in [1.807, 2.05) is 19.2 Å². The van der Waals surface area contributed by atoms with Gasteiger partial charge in [0.25, 0.3) is 5.91 Å². The summed E-state index contributed by atoms with van der Waals surface area (Å²) in [7, 11) is 1.82. The zero-order valence-electron chi connectivity index (χ0n) is 16.2. The number of likely N-dealkylation sites (tertiary alicyclic amines) is 1. The van der Waals surface area contributed by atoms with E-state index in [0.29, 0.717) is 17.5 Å². The number of aromatic nitrogens is 1. The van der Waals surface area contributed by atoms with Gasteiger partial charge in [0.2, 0.25) is 0 Å². The van der Waals surface area contributed by atoms with Crippen molar-refractivity contribution in [3.63, 3.8) is 0 Å². The Kier molecular flexibility index (Phi) is 5.48. The first kappa shape index (κ1) is 18.8. The number of pyridine rings is 1. The van der Waals surface area contributed by atoms with E-state index in [1.165, 1.54) is 25.8 Å². The zero-order chi connectivity index (χ0) is 18.9. The third-order valence-corrected chi connectivity index (χ3v) is 6.93. The molecule has 1 aliphatic carbocycles. The number of primary amides is 1. The number of fused-ring (bicyclic) bond motifs is 2. The van der Waals surface area contributed by atoms with Crippen molar-refractivity contribution in [2.24, 2.45) is 23.5 Å². The van der Waals surface area contributed by atoms with Crippen LogP contribution in [0.3, 0.4) is 0 Å². The summed E-state index contributed by atoms with van der Waals surface area (Å²) in [5.41, 5.74) is 6.53. The molecular weight excluding hydrogens is 342 g/mol. The molecule has 27 heavy (non-hydrogen) atoms. The summed E-state index contributed by atoms with van der Waals surface area (Å²) in [6.45, 7) is 5.07. The Morgan fingerprint density at radius 2 is 2.00 bits per heavy atom. The highest BCUT2D eigenvalue weighted by Crippen LogP contribution is 2.51. The normalized spacial score (nSPS) is 32.3. The van der Waals surface area contributed by atoms with Gasteiger partial charge in [0.15, 0.2) is 0 Å². The maximum atomic E-state index is 11.6. The van der Waals surface area contributed by atoms with E-state index in [2.05, 4.69) is 9.88 Å². The lowest BCUT2D eigenvalue weighted by Crippen LogP contribution is -2.59. The van der Waals surface area contributed by atoms with E-state index in [4.69, 9.17) is 15.2 Å². The molecule has 1 aromatic heterocycles. The molecular formula is C21H31N3O3. The highest BCUT2D eigenvalue weighted by molar-refractivity contribution is 5.90. The van der Waals surface area contributed by atoms with Crippen molar-refractivity contribution in [3.8, 4) is 0 Å². The van der Waals surface area contributed by atoms with Crippen molar-refractivity contribution in [2.75, 3.05) is 40.0 Å². The number of carbonyl (C=O) groups is 1. The van der Waals surface area contributed by atoms with E-state index >= 15 is 0 Å². The molecule has 4 rings (SSSR count). The maximum absolute atomic E-state index is 11.6. The maximum Gasteiger partial charge on any atom is 0.267 e. The molecule has 2 aliphatic heterocycles. The lowest BCUT2D eigenvalue weighted by atomic mass is 9.62. The fourth-order valence-electron chi connectivity index (χ4n) is 5.70. The van der Waals surface area contributed by atoms with Crippen LogP contribution >= 0.6 is 0 Å². The van der Waals surface area contributed by atoms with Gasteiger partial charge in [0.1, 0.15) is 11.3 Å². The van der Waals surface area contributed by atoms with Crippen LogP contribution < -0.4 is 5.73 Å². The van der Waals surface area contributed by atoms with Crippen molar-refractivity contribution < 1.29 is 14.3 Å². The summed E-state index contributed by atoms with van der Waals surface area (Å²) >= 11 is 0. The van der Waals surface area contributed by atoms with Gasteiger partial charge < -0.3 is 20.1 Å². The third-order valence-electron chi connectivity index (χ3n) is 6.93. The average molecular weight is 373 g/mol. The van der Waals surface area contributed by atoms with E-state index in [1.54, 1.807) is 6.20 Å². The van der Waals surface area contributed by atoms with Gasteiger partial charge >= 0.3 is 0 Å². The SMILES string of the molecule is CO[C@@]1(c2ccnc(C(N)=O)c2)[C@@H]2CCC[C@H]1CN(CC1CCOCC1)C2. The predicted molar refractivity (Wildman–Crippen MR) is 102 cm³/mol. The lowest BCUT2D eigenvalue weighted by Gasteiger charge is -2.56. The van der Waals surface area contributed by atoms with Crippen LogP contribution in [0.5, 0.6) is 0 Å². The minimum Gasteiger partial charge on any atom is -0.381 e. The molecule has 2 bridgehead atoms. The number of nitrogens with zero attached hydrogens (tertiary/aromatic N) is 2. The Morgan fingerprint density at radius 1 is 1.30 bits per heavy atom. The summed E-state index contributed by atoms with van der Waals surface area (Å²) in [4.78, 5) is 18.4. The minimum atomic E-state index is -0.481. The molecule has 3 heterocycles. The molecule has 2 N–H and O–H groups in total. The first-order valence-corrected chi connectivity index (χ1v) is 10.2. The first-order chi connectivity index (χ1) is 13.1. The number of hydrogen-bond acceptors (Lipinski definition) is 5. The molecule has 0 unspecified atom stereocenters. The summed E-state index contributed by atoms with van der Waals surface area (Å²) < 4.78 is 11.8. The lowest BCUT2D eigenvalue weighted by molar-refractivity contribution is -0.171. The molecule has 2 saturated heterocycles. The van der Waals surface area contributed by atoms with E-state index in [9.17, 15) is 4.79 Å². The van der Waals surface area contributed by atoms with Gasteiger partial charge in [-0.1, -0.05) is 6.42 Å². The van der Waals surface area contributed by atoms with E-state index < -0.39 is 5.91 Å². The molecule has 0 spiro atoms. The van der Waals surface area contributed by atoms with Gasteiger partial charge in [-0.3, -0.25) is 9.78 Å². The van der Waals surface area contributed by atoms with Crippen molar-refractivity contribution in [1.29, 1.82) is 0 Å². The highest BCUT2D eigenvalue weighted by atomic mass is 16.5. The molecule has 1 amide bonds. The number of methoxy groups -OCH3 is 1. The molecule has 6 nitrogen and oxygen atoms in total. The molecule has 3 aliphatic rings. The number of ether oxygens (including phenoxy) is 2. The van der Waals surface area contributed by atoms with Crippen molar-refractivity contribution in [2.45, 2.75) is 37.7 Å². The van der Waals surface area contributed by atoms with Crippen LogP contribution in [-0.2, 0) is 15.1 Å². The summed E-state index contributed by atoms with van der Waals surface area (Å²) in [6.07, 6.45) is 7.60. The van der Waals surface area contributed by atoms with E-state index in [-0.39, 0.29) is 5.60 Å². The van der Waals surface area contributed by atoms with Crippen LogP contribution in [0.2, 0.25) is 0 Å². The monoisotopic (exact) mass is 373 g/mol. The van der Waals surface area contributed by atoms with E-state index in [0.717, 1.165) is 50.6 Å². The van der Waals surface area contributed by atoms with Crippen LogP contribution in [0.4, 0.5) is 0 Å². The standard InChI is InChI=1S/C21H31N3O3/c1-26-21(16-5-8-23-19(11-16)20(22)25)17-3-2-4-18(21)14-24(13-17)12-15-6-9-27-10-7-15/h5,8,11,15,17-18H,2-4,6-7,9-10,12-14H2,1H3,(H2,22,25)/t17-,18+,21+. The van der Waals surface area contributed by atoms with Crippen LogP contribution in [0.1, 0.15) is 48.2 Å². The predicted octanol–water partition coefficient (Wildman–Crippen LogP) is 2.18. The molecule has 1 saturated carbocycles. The number of rotatable bonds is 5. The van der Waals surface area contributed by atoms with Crippen molar-refractivity contribution >= 4 is 5.91 Å². The fourth-order valence-corrected chi connectivity index (χ4v) is 5.70. The zero-order valence-corrected chi connectivity index (χ0v) is 16.2. The van der Waals surface area contributed by atoms with Crippen molar-refractivity contribution in [1.82, 2.24) is 9.88 Å². The largest absolute Gasteiger partial charge is 0.381 e.